The summed E-state index contributed by atoms with van der Waals surface area (Å²) in [4.78, 5) is 4.38. The molecule has 0 fully saturated rings. The summed E-state index contributed by atoms with van der Waals surface area (Å²) in [5, 5.41) is 3.06. The first-order chi connectivity index (χ1) is 13.2. The molecule has 3 aromatic carbocycles. The van der Waals surface area contributed by atoms with Crippen LogP contribution in [0.15, 0.2) is 83.9 Å². The normalized spacial score (nSPS) is 11.1. The number of rotatable bonds is 7. The van der Waals surface area contributed by atoms with E-state index in [4.69, 9.17) is 15.2 Å². The van der Waals surface area contributed by atoms with Crippen LogP contribution in [0.2, 0.25) is 0 Å². The van der Waals surface area contributed by atoms with Crippen LogP contribution < -0.4 is 20.5 Å². The van der Waals surface area contributed by atoms with Gasteiger partial charge in [-0.3, -0.25) is 0 Å². The smallest absolute Gasteiger partial charge is 0.193 e. The molecule has 0 amide bonds. The summed E-state index contributed by atoms with van der Waals surface area (Å²) >= 11 is 0. The van der Waals surface area contributed by atoms with Crippen LogP contribution in [0.1, 0.15) is 11.1 Å². The summed E-state index contributed by atoms with van der Waals surface area (Å²) in [5.41, 5.74) is 8.95. The molecule has 0 aliphatic carbocycles. The minimum Gasteiger partial charge on any atom is -0.495 e. The molecule has 0 atom stereocenters. The summed E-state index contributed by atoms with van der Waals surface area (Å²) in [6, 6.07) is 25.5. The average Bonchev–Trinajstić information content (AvgIpc) is 2.72. The van der Waals surface area contributed by atoms with Gasteiger partial charge in [-0.05, 0) is 35.4 Å². The van der Waals surface area contributed by atoms with E-state index in [0.29, 0.717) is 19.1 Å². The van der Waals surface area contributed by atoms with Gasteiger partial charge in [0.2, 0.25) is 0 Å². The van der Waals surface area contributed by atoms with Crippen molar-refractivity contribution in [2.24, 2.45) is 10.7 Å². The Hall–Kier alpha value is -3.47. The number of nitrogens with one attached hydrogen (secondary N) is 1. The van der Waals surface area contributed by atoms with Crippen molar-refractivity contribution in [3.05, 3.63) is 90.0 Å². The minimum atomic E-state index is 0.344. The molecule has 5 heteroatoms. The number of ether oxygens (including phenoxy) is 2. The van der Waals surface area contributed by atoms with Gasteiger partial charge in [0.05, 0.1) is 19.3 Å². The Labute approximate surface area is 159 Å². The molecule has 0 aromatic heterocycles. The lowest BCUT2D eigenvalue weighted by atomic mass is 10.1. The minimum absolute atomic E-state index is 0.344. The molecule has 5 nitrogen and oxygen atoms in total. The molecular formula is C22H23N3O2. The first kappa shape index (κ1) is 18.3. The number of guanidine groups is 1. The Bertz CT molecular complexity index is 878. The van der Waals surface area contributed by atoms with E-state index in [1.54, 1.807) is 7.11 Å². The molecule has 27 heavy (non-hydrogen) atoms. The second kappa shape index (κ2) is 9.29. The quantitative estimate of drug-likeness (QED) is 0.489. The van der Waals surface area contributed by atoms with Crippen LogP contribution >= 0.6 is 0 Å². The summed E-state index contributed by atoms with van der Waals surface area (Å²) in [7, 11) is 1.62. The first-order valence-electron chi connectivity index (χ1n) is 8.70. The van der Waals surface area contributed by atoms with Gasteiger partial charge in [0, 0.05) is 0 Å². The zero-order valence-corrected chi connectivity index (χ0v) is 15.3. The highest BCUT2D eigenvalue weighted by molar-refractivity contribution is 5.93. The van der Waals surface area contributed by atoms with Gasteiger partial charge in [-0.25, -0.2) is 4.99 Å². The van der Waals surface area contributed by atoms with Gasteiger partial charge in [-0.15, -0.1) is 0 Å². The lowest BCUT2D eigenvalue weighted by Crippen LogP contribution is -2.22. The van der Waals surface area contributed by atoms with Crippen molar-refractivity contribution >= 4 is 11.6 Å². The molecule has 0 unspecified atom stereocenters. The molecule has 0 aliphatic heterocycles. The highest BCUT2D eigenvalue weighted by Crippen LogP contribution is 2.22. The van der Waals surface area contributed by atoms with E-state index < -0.39 is 0 Å². The van der Waals surface area contributed by atoms with Crippen molar-refractivity contribution in [2.45, 2.75) is 13.2 Å². The Morgan fingerprint density at radius 3 is 2.30 bits per heavy atom. The molecule has 0 aliphatic rings. The van der Waals surface area contributed by atoms with Crippen LogP contribution in [0, 0.1) is 0 Å². The van der Waals surface area contributed by atoms with Crippen molar-refractivity contribution in [3.8, 4) is 11.5 Å². The molecular weight excluding hydrogens is 338 g/mol. The summed E-state index contributed by atoms with van der Waals surface area (Å²) in [5.74, 6) is 1.93. The second-order valence-corrected chi connectivity index (χ2v) is 5.94. The molecule has 0 radical (unpaired) electrons. The van der Waals surface area contributed by atoms with E-state index in [9.17, 15) is 0 Å². The van der Waals surface area contributed by atoms with Crippen molar-refractivity contribution < 1.29 is 9.47 Å². The maximum atomic E-state index is 5.98. The fourth-order valence-electron chi connectivity index (χ4n) is 2.53. The maximum absolute atomic E-state index is 5.98. The third kappa shape index (κ3) is 5.51. The van der Waals surface area contributed by atoms with Gasteiger partial charge in [-0.2, -0.15) is 0 Å². The predicted molar refractivity (Wildman–Crippen MR) is 109 cm³/mol. The highest BCUT2D eigenvalue weighted by atomic mass is 16.5. The SMILES string of the molecule is COc1ccccc1NC(N)=NCc1ccc(COc2ccccc2)cc1. The number of nitrogens with two attached hydrogens (primary N) is 1. The zero-order chi connectivity index (χ0) is 18.9. The number of methoxy groups -OCH3 is 1. The highest BCUT2D eigenvalue weighted by Gasteiger charge is 2.02. The van der Waals surface area contributed by atoms with E-state index >= 15 is 0 Å². The predicted octanol–water partition coefficient (Wildman–Crippen LogP) is 4.20. The van der Waals surface area contributed by atoms with Crippen molar-refractivity contribution in [1.29, 1.82) is 0 Å². The summed E-state index contributed by atoms with van der Waals surface area (Å²) < 4.78 is 11.0. The number of aliphatic imine (C=N–C) groups is 1. The molecule has 3 aromatic rings. The van der Waals surface area contributed by atoms with E-state index in [1.165, 1.54) is 0 Å². The van der Waals surface area contributed by atoms with Crippen molar-refractivity contribution in [2.75, 3.05) is 12.4 Å². The molecule has 0 spiro atoms. The number of benzene rings is 3. The molecule has 138 valence electrons. The topological polar surface area (TPSA) is 68.9 Å². The van der Waals surface area contributed by atoms with E-state index in [2.05, 4.69) is 10.3 Å². The lowest BCUT2D eigenvalue weighted by molar-refractivity contribution is 0.306. The van der Waals surface area contributed by atoms with Gasteiger partial charge < -0.3 is 20.5 Å². The molecule has 0 heterocycles. The molecule has 3 rings (SSSR count). The number of hydrogen-bond donors (Lipinski definition) is 2. The second-order valence-electron chi connectivity index (χ2n) is 5.94. The number of hydrogen-bond acceptors (Lipinski definition) is 3. The molecule has 3 N–H and O–H groups in total. The van der Waals surface area contributed by atoms with Gasteiger partial charge in [0.25, 0.3) is 0 Å². The lowest BCUT2D eigenvalue weighted by Gasteiger charge is -2.10. The Balaban J connectivity index is 1.53. The van der Waals surface area contributed by atoms with E-state index in [1.807, 2.05) is 78.9 Å². The van der Waals surface area contributed by atoms with Gasteiger partial charge in [0.1, 0.15) is 18.1 Å². The number of nitrogens with zero attached hydrogens (tertiary/aromatic N) is 1. The van der Waals surface area contributed by atoms with Gasteiger partial charge >= 0.3 is 0 Å². The Kier molecular flexibility index (Phi) is 6.30. The third-order valence-electron chi connectivity index (χ3n) is 3.97. The van der Waals surface area contributed by atoms with Crippen LogP contribution in [-0.2, 0) is 13.2 Å². The van der Waals surface area contributed by atoms with Gasteiger partial charge in [0.15, 0.2) is 5.96 Å². The molecule has 0 saturated carbocycles. The number of para-hydroxylation sites is 3. The Morgan fingerprint density at radius 2 is 1.56 bits per heavy atom. The van der Waals surface area contributed by atoms with Crippen LogP contribution in [-0.4, -0.2) is 13.1 Å². The molecule has 0 saturated heterocycles. The van der Waals surface area contributed by atoms with Crippen LogP contribution in [0.4, 0.5) is 5.69 Å². The zero-order valence-electron chi connectivity index (χ0n) is 15.3. The largest absolute Gasteiger partial charge is 0.495 e. The van der Waals surface area contributed by atoms with Gasteiger partial charge in [-0.1, -0.05) is 54.6 Å². The fraction of sp³-hybridized carbons (Fsp3) is 0.136. The third-order valence-corrected chi connectivity index (χ3v) is 3.97. The average molecular weight is 361 g/mol. The maximum Gasteiger partial charge on any atom is 0.193 e. The van der Waals surface area contributed by atoms with Crippen molar-refractivity contribution in [3.63, 3.8) is 0 Å². The summed E-state index contributed by atoms with van der Waals surface area (Å²) in [6.45, 7) is 1.03. The van der Waals surface area contributed by atoms with Crippen molar-refractivity contribution in [1.82, 2.24) is 0 Å². The van der Waals surface area contributed by atoms with Crippen LogP contribution in [0.5, 0.6) is 11.5 Å². The number of anilines is 1. The van der Waals surface area contributed by atoms with Crippen LogP contribution in [0.3, 0.4) is 0 Å². The fourth-order valence-corrected chi connectivity index (χ4v) is 2.53. The molecule has 0 bridgehead atoms. The van der Waals surface area contributed by atoms with E-state index in [0.717, 1.165) is 28.3 Å². The Morgan fingerprint density at radius 1 is 0.889 bits per heavy atom. The standard InChI is InChI=1S/C22H23N3O2/c1-26-21-10-6-5-9-20(21)25-22(23)24-15-17-11-13-18(14-12-17)16-27-19-7-3-2-4-8-19/h2-14H,15-16H2,1H3,(H3,23,24,25). The van der Waals surface area contributed by atoms with Crippen LogP contribution in [0.25, 0.3) is 0 Å². The van der Waals surface area contributed by atoms with E-state index in [-0.39, 0.29) is 0 Å². The monoisotopic (exact) mass is 361 g/mol. The summed E-state index contributed by atoms with van der Waals surface area (Å²) in [6.07, 6.45) is 0. The first-order valence-corrected chi connectivity index (χ1v) is 8.70.